The van der Waals surface area contributed by atoms with E-state index in [1.54, 1.807) is 0 Å². The average molecular weight is 563 g/mol. The zero-order valence-corrected chi connectivity index (χ0v) is 21.1. The zero-order chi connectivity index (χ0) is 26.6. The quantitative estimate of drug-likeness (QED) is 0.121. The van der Waals surface area contributed by atoms with Gasteiger partial charge in [0.15, 0.2) is 0 Å². The summed E-state index contributed by atoms with van der Waals surface area (Å²) >= 11 is 0. The number of unbranched alkanes of at least 4 members (excludes halogenated alkanes) is 1. The van der Waals surface area contributed by atoms with Gasteiger partial charge in [0, 0.05) is 29.6 Å². The number of aryl methyl sites for hydroxylation is 1. The Morgan fingerprint density at radius 2 is 1.86 bits per heavy atom. The van der Waals surface area contributed by atoms with Gasteiger partial charge in [-0.15, -0.1) is 0 Å². The topological polar surface area (TPSA) is 262 Å². The molecule has 198 valence electrons. The van der Waals surface area contributed by atoms with E-state index in [2.05, 4.69) is 23.2 Å². The summed E-state index contributed by atoms with van der Waals surface area (Å²) in [7, 11) is -16.7. The van der Waals surface area contributed by atoms with Gasteiger partial charge < -0.3 is 24.3 Å². The van der Waals surface area contributed by atoms with Crippen LogP contribution in [0.2, 0.25) is 0 Å². The number of ether oxygens (including phenoxy) is 1. The molecular weight excluding hydrogens is 539 g/mol. The number of phosphoric acid groups is 3. The maximum absolute atomic E-state index is 12.9. The van der Waals surface area contributed by atoms with E-state index in [1.165, 1.54) is 13.1 Å². The van der Waals surface area contributed by atoms with Crippen LogP contribution >= 0.6 is 23.5 Å². The van der Waals surface area contributed by atoms with Crippen molar-refractivity contribution in [2.75, 3.05) is 6.61 Å². The molecule has 21 heteroatoms. The normalized spacial score (nSPS) is 23.9. The maximum Gasteiger partial charge on any atom is 0.490 e. The second-order valence-corrected chi connectivity index (χ2v) is 11.8. The molecule has 4 N–H and O–H groups in total. The lowest BCUT2D eigenvalue weighted by Gasteiger charge is -2.20. The lowest BCUT2D eigenvalue weighted by molar-refractivity contribution is -0.0273. The molecule has 2 rings (SSSR count). The summed E-state index contributed by atoms with van der Waals surface area (Å²) < 4.78 is 53.7. The van der Waals surface area contributed by atoms with Gasteiger partial charge in [0.25, 0.3) is 5.56 Å². The third-order valence-corrected chi connectivity index (χ3v) is 8.44. The minimum Gasteiger partial charge on any atom is -0.352 e. The first-order valence-corrected chi connectivity index (χ1v) is 14.4. The largest absolute Gasteiger partial charge is 0.490 e. The van der Waals surface area contributed by atoms with Crippen LogP contribution in [0.3, 0.4) is 0 Å². The molecule has 1 aliphatic rings. The molecule has 0 amide bonds. The van der Waals surface area contributed by atoms with Gasteiger partial charge in [-0.25, -0.2) is 18.5 Å². The Kier molecular flexibility index (Phi) is 9.81. The molecule has 0 radical (unpaired) electrons. The van der Waals surface area contributed by atoms with Gasteiger partial charge in [-0.1, -0.05) is 18.5 Å². The van der Waals surface area contributed by atoms with Gasteiger partial charge in [-0.05, 0) is 18.9 Å². The lowest BCUT2D eigenvalue weighted by atomic mass is 10.1. The molecule has 18 nitrogen and oxygen atoms in total. The molecule has 35 heavy (non-hydrogen) atoms. The predicted molar refractivity (Wildman–Crippen MR) is 116 cm³/mol. The SMILES string of the molecule is CCCCn1c(=O)c(C)cn([C@H]2C[C@H](N=[N+]=[N-])[C@@H](COP(=O)(O)OP(=O)(O)OP(=O)(O)O)O2)c1=O. The lowest BCUT2D eigenvalue weighted by Crippen LogP contribution is -2.42. The second-order valence-electron chi connectivity index (χ2n) is 7.34. The van der Waals surface area contributed by atoms with Crippen molar-refractivity contribution >= 4 is 23.5 Å². The number of aromatic nitrogens is 2. The van der Waals surface area contributed by atoms with Crippen molar-refractivity contribution in [3.63, 3.8) is 0 Å². The summed E-state index contributed by atoms with van der Waals surface area (Å²) in [4.78, 5) is 63.8. The van der Waals surface area contributed by atoms with Crippen molar-refractivity contribution in [2.24, 2.45) is 5.11 Å². The Hall–Kier alpha value is -1.64. The number of hydrogen-bond donors (Lipinski definition) is 4. The first-order valence-electron chi connectivity index (χ1n) is 9.89. The van der Waals surface area contributed by atoms with Crippen molar-refractivity contribution in [1.82, 2.24) is 9.13 Å². The summed E-state index contributed by atoms with van der Waals surface area (Å²) in [6.07, 6.45) is 0.119. The fourth-order valence-electron chi connectivity index (χ4n) is 3.17. The van der Waals surface area contributed by atoms with Crippen LogP contribution in [-0.2, 0) is 38.1 Å². The van der Waals surface area contributed by atoms with Crippen LogP contribution in [0.1, 0.15) is 38.0 Å². The van der Waals surface area contributed by atoms with Crippen LogP contribution in [0.4, 0.5) is 0 Å². The second kappa shape index (κ2) is 11.6. The molecule has 1 fully saturated rings. The van der Waals surface area contributed by atoms with E-state index < -0.39 is 59.7 Å². The molecule has 0 bridgehead atoms. The minimum absolute atomic E-state index is 0.0974. The van der Waals surface area contributed by atoms with Crippen LogP contribution in [0.5, 0.6) is 0 Å². The Bertz CT molecular complexity index is 1240. The molecule has 5 atom stereocenters. The Balaban J connectivity index is 2.22. The van der Waals surface area contributed by atoms with Gasteiger partial charge in [0.1, 0.15) is 6.23 Å². The first-order chi connectivity index (χ1) is 16.1. The highest BCUT2D eigenvalue weighted by molar-refractivity contribution is 7.66. The van der Waals surface area contributed by atoms with Gasteiger partial charge in [-0.3, -0.25) is 18.5 Å². The van der Waals surface area contributed by atoms with Gasteiger partial charge >= 0.3 is 29.2 Å². The van der Waals surface area contributed by atoms with E-state index in [9.17, 15) is 33.1 Å². The Labute approximate surface area is 197 Å². The minimum atomic E-state index is -5.72. The number of nitrogens with zero attached hydrogens (tertiary/aromatic N) is 5. The highest BCUT2D eigenvalue weighted by Crippen LogP contribution is 2.66. The molecule has 1 aliphatic heterocycles. The molecule has 2 unspecified atom stereocenters. The van der Waals surface area contributed by atoms with Crippen LogP contribution in [-0.4, -0.2) is 47.5 Å². The highest BCUT2D eigenvalue weighted by Gasteiger charge is 2.43. The molecule has 1 aromatic rings. The van der Waals surface area contributed by atoms with Gasteiger partial charge in [-0.2, -0.15) is 8.62 Å². The van der Waals surface area contributed by atoms with Crippen molar-refractivity contribution in [2.45, 2.75) is 58.0 Å². The fourth-order valence-corrected chi connectivity index (χ4v) is 6.20. The van der Waals surface area contributed by atoms with Crippen molar-refractivity contribution in [1.29, 1.82) is 0 Å². The molecular formula is C14H24N5O13P3. The van der Waals surface area contributed by atoms with Gasteiger partial charge in [0.05, 0.1) is 18.8 Å². The Morgan fingerprint density at radius 3 is 2.43 bits per heavy atom. The van der Waals surface area contributed by atoms with E-state index >= 15 is 0 Å². The summed E-state index contributed by atoms with van der Waals surface area (Å²) in [5, 5.41) is 3.49. The number of azide groups is 1. The summed E-state index contributed by atoms with van der Waals surface area (Å²) in [5.74, 6) is 0. The maximum atomic E-state index is 12.9. The molecule has 1 saturated heterocycles. The standard InChI is InChI=1S/C14H24N5O13P3/c1-3-4-5-18-13(20)9(2)7-19(14(18)21)12-6-10(16-17-15)11(30-12)8-29-34(25,26)32-35(27,28)31-33(22,23)24/h7,10-12H,3-6,8H2,1-2H3,(H,25,26)(H,27,28)(H2,22,23,24)/t10-,11+,12+/m0/s1. The molecule has 1 aromatic heterocycles. The summed E-state index contributed by atoms with van der Waals surface area (Å²) in [5.41, 5.74) is 7.90. The average Bonchev–Trinajstić information content (AvgIpc) is 3.09. The van der Waals surface area contributed by atoms with Crippen molar-refractivity contribution in [3.05, 3.63) is 43.0 Å². The molecule has 0 aliphatic carbocycles. The van der Waals surface area contributed by atoms with Crippen LogP contribution in [0.15, 0.2) is 20.9 Å². The fraction of sp³-hybridized carbons (Fsp3) is 0.714. The van der Waals surface area contributed by atoms with Gasteiger partial charge in [0.2, 0.25) is 0 Å². The molecule has 0 aromatic carbocycles. The van der Waals surface area contributed by atoms with Crippen LogP contribution in [0.25, 0.3) is 10.4 Å². The summed E-state index contributed by atoms with van der Waals surface area (Å²) in [6.45, 7) is 2.67. The smallest absolute Gasteiger partial charge is 0.352 e. The first kappa shape index (κ1) is 29.6. The predicted octanol–water partition coefficient (Wildman–Crippen LogP) is 1.43. The van der Waals surface area contributed by atoms with Crippen LogP contribution < -0.4 is 11.2 Å². The van der Waals surface area contributed by atoms with E-state index in [0.29, 0.717) is 6.42 Å². The zero-order valence-electron chi connectivity index (χ0n) is 18.4. The third-order valence-electron chi connectivity index (χ3n) is 4.63. The van der Waals surface area contributed by atoms with E-state index in [-0.39, 0.29) is 18.5 Å². The van der Waals surface area contributed by atoms with Crippen LogP contribution in [0, 0.1) is 6.92 Å². The number of phosphoric ester groups is 1. The molecule has 0 spiro atoms. The molecule has 0 saturated carbocycles. The van der Waals surface area contributed by atoms with Crippen molar-refractivity contribution < 1.29 is 51.2 Å². The highest BCUT2D eigenvalue weighted by atomic mass is 31.3. The monoisotopic (exact) mass is 563 g/mol. The number of rotatable bonds is 12. The summed E-state index contributed by atoms with van der Waals surface area (Å²) in [6, 6.07) is -1.04. The number of hydrogen-bond acceptors (Lipinski definition) is 10. The van der Waals surface area contributed by atoms with E-state index in [1.807, 2.05) is 6.92 Å². The van der Waals surface area contributed by atoms with E-state index in [0.717, 1.165) is 15.6 Å². The van der Waals surface area contributed by atoms with E-state index in [4.69, 9.17) is 20.1 Å². The van der Waals surface area contributed by atoms with Crippen molar-refractivity contribution in [3.8, 4) is 0 Å². The third kappa shape index (κ3) is 8.46. The molecule has 2 heterocycles. The Morgan fingerprint density at radius 1 is 1.20 bits per heavy atom.